The summed E-state index contributed by atoms with van der Waals surface area (Å²) in [6.07, 6.45) is 0. The summed E-state index contributed by atoms with van der Waals surface area (Å²) in [6.45, 7) is 7.42. The average Bonchev–Trinajstić information content (AvgIpc) is 2.72. The first-order chi connectivity index (χ1) is 13.4. The maximum absolute atomic E-state index is 13.3. The normalized spacial score (nSPS) is 11.9. The number of nitrogens with zero attached hydrogens (tertiary/aromatic N) is 2. The Labute approximate surface area is 168 Å². The van der Waals surface area contributed by atoms with Gasteiger partial charge in [0.1, 0.15) is 5.71 Å². The molecule has 0 saturated heterocycles. The number of benzene rings is 3. The molecule has 3 rings (SSSR count). The van der Waals surface area contributed by atoms with Crippen molar-refractivity contribution in [3.63, 3.8) is 0 Å². The second-order valence-corrected chi connectivity index (χ2v) is 12.6. The molecule has 0 aromatic heterocycles. The van der Waals surface area contributed by atoms with Crippen molar-refractivity contribution in [2.24, 2.45) is 5.10 Å². The minimum atomic E-state index is -1.82. The first kappa shape index (κ1) is 19.8. The van der Waals surface area contributed by atoms with Crippen LogP contribution < -0.4 is 0 Å². The van der Waals surface area contributed by atoms with E-state index in [0.29, 0.717) is 17.8 Å². The molecule has 0 unspecified atom stereocenters. The predicted molar refractivity (Wildman–Crippen MR) is 119 cm³/mol. The van der Waals surface area contributed by atoms with Crippen molar-refractivity contribution in [3.05, 3.63) is 108 Å². The molecule has 3 aromatic carbocycles. The fourth-order valence-corrected chi connectivity index (χ4v) is 3.91. The third kappa shape index (κ3) is 5.05. The average molecular weight is 387 g/mol. The number of carbonyl (C=O) groups excluding carboxylic acids is 1. The molecular formula is C24H26N2OSi. The Kier molecular flexibility index (Phi) is 6.22. The molecule has 3 aromatic rings. The van der Waals surface area contributed by atoms with Crippen LogP contribution in [0, 0.1) is 0 Å². The number of hydrazone groups is 1. The summed E-state index contributed by atoms with van der Waals surface area (Å²) in [4.78, 5) is 13.3. The van der Waals surface area contributed by atoms with Gasteiger partial charge in [-0.2, -0.15) is 5.10 Å². The monoisotopic (exact) mass is 386 g/mol. The van der Waals surface area contributed by atoms with Crippen molar-refractivity contribution < 1.29 is 4.79 Å². The summed E-state index contributed by atoms with van der Waals surface area (Å²) in [6, 6.07) is 29.4. The van der Waals surface area contributed by atoms with Gasteiger partial charge in [-0.1, -0.05) is 111 Å². The van der Waals surface area contributed by atoms with Crippen molar-refractivity contribution >= 4 is 19.7 Å². The van der Waals surface area contributed by atoms with E-state index in [1.165, 1.54) is 5.56 Å². The van der Waals surface area contributed by atoms with Gasteiger partial charge in [0.25, 0.3) is 0 Å². The van der Waals surface area contributed by atoms with Crippen LogP contribution in [0.3, 0.4) is 0 Å². The van der Waals surface area contributed by atoms with Gasteiger partial charge in [0, 0.05) is 11.1 Å². The van der Waals surface area contributed by atoms with Crippen LogP contribution >= 0.6 is 0 Å². The standard InChI is InChI=1S/C24H26N2OSi/c1-28(2,3)26(19-20-13-7-4-8-14-20)25-23(21-15-9-5-10-16-21)24(27)22-17-11-6-12-18-22/h4-18H,19H2,1-3H3/b25-23+. The Morgan fingerprint density at radius 1 is 0.750 bits per heavy atom. The van der Waals surface area contributed by atoms with Gasteiger partial charge in [0.05, 0.1) is 6.54 Å². The highest BCUT2D eigenvalue weighted by atomic mass is 28.3. The van der Waals surface area contributed by atoms with Gasteiger partial charge in [-0.3, -0.25) is 4.79 Å². The number of carbonyl (C=O) groups is 1. The quantitative estimate of drug-likeness (QED) is 0.229. The Morgan fingerprint density at radius 2 is 1.21 bits per heavy atom. The van der Waals surface area contributed by atoms with Gasteiger partial charge in [0.2, 0.25) is 5.78 Å². The van der Waals surface area contributed by atoms with Crippen LogP contribution in [0.15, 0.2) is 96.1 Å². The van der Waals surface area contributed by atoms with E-state index < -0.39 is 8.24 Å². The molecule has 0 aliphatic rings. The van der Waals surface area contributed by atoms with Crippen LogP contribution in [-0.4, -0.2) is 24.4 Å². The topological polar surface area (TPSA) is 32.7 Å². The van der Waals surface area contributed by atoms with Crippen molar-refractivity contribution in [2.75, 3.05) is 0 Å². The highest BCUT2D eigenvalue weighted by molar-refractivity contribution is 6.73. The van der Waals surface area contributed by atoms with Crippen molar-refractivity contribution in [1.29, 1.82) is 0 Å². The number of Topliss-reactive ketones (excluding diaryl/α,β-unsaturated/α-hetero) is 1. The molecule has 0 saturated carbocycles. The molecule has 0 heterocycles. The van der Waals surface area contributed by atoms with Crippen LogP contribution in [0.25, 0.3) is 0 Å². The molecule has 0 aliphatic carbocycles. The van der Waals surface area contributed by atoms with Crippen LogP contribution in [0.1, 0.15) is 21.5 Å². The molecule has 142 valence electrons. The molecule has 0 spiro atoms. The third-order valence-electron chi connectivity index (χ3n) is 4.47. The zero-order chi connectivity index (χ0) is 20.0. The van der Waals surface area contributed by atoms with Crippen molar-refractivity contribution in [2.45, 2.75) is 26.2 Å². The van der Waals surface area contributed by atoms with E-state index in [9.17, 15) is 4.79 Å². The maximum atomic E-state index is 13.3. The minimum absolute atomic E-state index is 0.0527. The number of rotatable bonds is 7. The summed E-state index contributed by atoms with van der Waals surface area (Å²) < 4.78 is 2.13. The maximum Gasteiger partial charge on any atom is 0.213 e. The molecule has 0 N–H and O–H groups in total. The summed E-state index contributed by atoms with van der Waals surface area (Å²) in [7, 11) is -1.82. The van der Waals surface area contributed by atoms with Crippen LogP contribution in [-0.2, 0) is 6.54 Å². The molecule has 0 bridgehead atoms. The van der Waals surface area contributed by atoms with Crippen molar-refractivity contribution in [3.8, 4) is 0 Å². The van der Waals surface area contributed by atoms with E-state index >= 15 is 0 Å². The van der Waals surface area contributed by atoms with Crippen molar-refractivity contribution in [1.82, 2.24) is 4.67 Å². The lowest BCUT2D eigenvalue weighted by atomic mass is 10.0. The molecule has 0 amide bonds. The molecule has 4 heteroatoms. The second-order valence-electron chi connectivity index (χ2n) is 7.72. The predicted octanol–water partition coefficient (Wildman–Crippen LogP) is 5.61. The zero-order valence-electron chi connectivity index (χ0n) is 16.7. The molecule has 28 heavy (non-hydrogen) atoms. The van der Waals surface area contributed by atoms with E-state index in [-0.39, 0.29) is 5.78 Å². The van der Waals surface area contributed by atoms with Gasteiger partial charge in [0.15, 0.2) is 8.24 Å². The highest BCUT2D eigenvalue weighted by Gasteiger charge is 2.26. The first-order valence-electron chi connectivity index (χ1n) is 9.50. The smallest absolute Gasteiger partial charge is 0.213 e. The fraction of sp³-hybridized carbons (Fsp3) is 0.167. The number of hydrogen-bond donors (Lipinski definition) is 0. The lowest BCUT2D eigenvalue weighted by molar-refractivity contribution is 0.106. The van der Waals surface area contributed by atoms with Crippen LogP contribution in [0.5, 0.6) is 0 Å². The summed E-state index contributed by atoms with van der Waals surface area (Å²) in [5.41, 5.74) is 3.17. The van der Waals surface area contributed by atoms with Gasteiger partial charge in [-0.15, -0.1) is 0 Å². The van der Waals surface area contributed by atoms with Gasteiger partial charge < -0.3 is 4.67 Å². The largest absolute Gasteiger partial charge is 0.320 e. The SMILES string of the molecule is C[Si](C)(C)N(Cc1ccccc1)/N=C(/C(=O)c1ccccc1)c1ccccc1. The fourth-order valence-electron chi connectivity index (χ4n) is 2.86. The molecule has 3 nitrogen and oxygen atoms in total. The minimum Gasteiger partial charge on any atom is -0.320 e. The summed E-state index contributed by atoms with van der Waals surface area (Å²) >= 11 is 0. The Balaban J connectivity index is 2.06. The van der Waals surface area contributed by atoms with Crippen LogP contribution in [0.4, 0.5) is 0 Å². The molecule has 0 aliphatic heterocycles. The number of hydrogen-bond acceptors (Lipinski definition) is 3. The molecule has 0 fully saturated rings. The van der Waals surface area contributed by atoms with E-state index in [1.807, 2.05) is 78.9 Å². The second kappa shape index (κ2) is 8.80. The summed E-state index contributed by atoms with van der Waals surface area (Å²) in [5.74, 6) is -0.0527. The molecule has 0 radical (unpaired) electrons. The lowest BCUT2D eigenvalue weighted by Crippen LogP contribution is -2.43. The summed E-state index contributed by atoms with van der Waals surface area (Å²) in [5, 5.41) is 4.95. The van der Waals surface area contributed by atoms with Gasteiger partial charge in [-0.25, -0.2) is 0 Å². The van der Waals surface area contributed by atoms with E-state index in [2.05, 4.69) is 36.4 Å². The lowest BCUT2D eigenvalue weighted by Gasteiger charge is -2.32. The first-order valence-corrected chi connectivity index (χ1v) is 13.0. The third-order valence-corrected chi connectivity index (χ3v) is 6.28. The van der Waals surface area contributed by atoms with Gasteiger partial charge >= 0.3 is 0 Å². The Bertz CT molecular complexity index is 933. The van der Waals surface area contributed by atoms with E-state index in [1.54, 1.807) is 0 Å². The Hall–Kier alpha value is -2.98. The van der Waals surface area contributed by atoms with Gasteiger partial charge in [-0.05, 0) is 5.56 Å². The highest BCUT2D eigenvalue weighted by Crippen LogP contribution is 2.18. The number of ketones is 1. The molecule has 0 atom stereocenters. The van der Waals surface area contributed by atoms with E-state index in [4.69, 9.17) is 5.10 Å². The molecular weight excluding hydrogens is 360 g/mol. The van der Waals surface area contributed by atoms with Crippen LogP contribution in [0.2, 0.25) is 19.6 Å². The zero-order valence-corrected chi connectivity index (χ0v) is 17.7. The Morgan fingerprint density at radius 3 is 1.71 bits per heavy atom. The van der Waals surface area contributed by atoms with E-state index in [0.717, 1.165) is 5.56 Å².